The van der Waals surface area contributed by atoms with Gasteiger partial charge in [0, 0.05) is 11.1 Å². The van der Waals surface area contributed by atoms with Crippen molar-refractivity contribution in [3.8, 4) is 51.3 Å². The second-order valence-corrected chi connectivity index (χ2v) is 9.42. The van der Waals surface area contributed by atoms with Gasteiger partial charge in [0.05, 0.1) is 42.0 Å². The Morgan fingerprint density at radius 1 is 0.727 bits per heavy atom. The third-order valence-electron chi connectivity index (χ3n) is 6.86. The van der Waals surface area contributed by atoms with Gasteiger partial charge in [0.15, 0.2) is 5.69 Å². The van der Waals surface area contributed by atoms with Crippen molar-refractivity contribution in [2.24, 2.45) is 0 Å². The van der Waals surface area contributed by atoms with Crippen LogP contribution in [0.25, 0.3) is 48.6 Å². The Morgan fingerprint density at radius 2 is 1.25 bits per heavy atom. The Morgan fingerprint density at radius 3 is 1.75 bits per heavy atom. The van der Waals surface area contributed by atoms with E-state index in [4.69, 9.17) is 18.4 Å². The van der Waals surface area contributed by atoms with E-state index in [1.807, 2.05) is 0 Å². The summed E-state index contributed by atoms with van der Waals surface area (Å²) in [6, 6.07) is 10.5. The van der Waals surface area contributed by atoms with Gasteiger partial charge in [-0.15, -0.1) is 13.2 Å². The number of nitriles is 2. The maximum Gasteiger partial charge on any atom is 0.573 e. The first kappa shape index (κ1) is 29.4. The van der Waals surface area contributed by atoms with Crippen molar-refractivity contribution in [1.82, 2.24) is 0 Å². The Labute approximate surface area is 244 Å². The number of alkyl halides is 3. The standard InChI is InChI=1S/C32H11F7N4O/c1-14-4-20-18(9-17(14)30-25(35)7-16(42-2)8-26(30)36)19-10-22(31-23(33)5-15(12-40)6-24(31)34)28(44-32(37,38)39)11-21(19)29(20)27(13-41)43-3/h4-11H,1H3/b29-27+. The van der Waals surface area contributed by atoms with Gasteiger partial charge in [-0.3, -0.25) is 0 Å². The average molecular weight is 600 g/mol. The Hall–Kier alpha value is -6.11. The van der Waals surface area contributed by atoms with E-state index in [2.05, 4.69) is 14.4 Å². The zero-order valence-electron chi connectivity index (χ0n) is 22.0. The summed E-state index contributed by atoms with van der Waals surface area (Å²) in [6.07, 6.45) is -5.34. The summed E-state index contributed by atoms with van der Waals surface area (Å²) in [5, 5.41) is 18.7. The van der Waals surface area contributed by atoms with Crippen molar-refractivity contribution >= 4 is 11.3 Å². The first-order valence-electron chi connectivity index (χ1n) is 12.2. The number of hydrogen-bond donors (Lipinski definition) is 0. The van der Waals surface area contributed by atoms with Crippen LogP contribution >= 0.6 is 0 Å². The van der Waals surface area contributed by atoms with E-state index in [0.717, 1.165) is 24.3 Å². The van der Waals surface area contributed by atoms with Gasteiger partial charge in [-0.2, -0.15) is 5.26 Å². The van der Waals surface area contributed by atoms with E-state index < -0.39 is 63.3 Å². The molecule has 5 rings (SSSR count). The number of ether oxygens (including phenoxy) is 1. The summed E-state index contributed by atoms with van der Waals surface area (Å²) in [5.74, 6) is -5.99. The molecule has 1 aliphatic carbocycles. The molecule has 44 heavy (non-hydrogen) atoms. The summed E-state index contributed by atoms with van der Waals surface area (Å²) >= 11 is 0. The summed E-state index contributed by atoms with van der Waals surface area (Å²) in [7, 11) is 0. The van der Waals surface area contributed by atoms with Gasteiger partial charge >= 0.3 is 6.36 Å². The minimum atomic E-state index is -5.34. The number of hydrogen-bond acceptors (Lipinski definition) is 3. The number of fused-ring (bicyclic) bond motifs is 3. The van der Waals surface area contributed by atoms with Crippen molar-refractivity contribution in [2.75, 3.05) is 0 Å². The van der Waals surface area contributed by atoms with Gasteiger partial charge in [-0.1, -0.05) is 6.07 Å². The molecule has 0 radical (unpaired) electrons. The predicted octanol–water partition coefficient (Wildman–Crippen LogP) is 9.39. The lowest BCUT2D eigenvalue weighted by Crippen LogP contribution is -2.18. The molecule has 0 aromatic heterocycles. The quantitative estimate of drug-likeness (QED) is 0.118. The smallest absolute Gasteiger partial charge is 0.405 e. The molecule has 0 amide bonds. The van der Waals surface area contributed by atoms with Gasteiger partial charge in [0.2, 0.25) is 0 Å². The number of rotatable bonds is 3. The molecule has 0 heterocycles. The number of allylic oxidation sites excluding steroid dienone is 1. The normalized spacial score (nSPS) is 12.7. The lowest BCUT2D eigenvalue weighted by molar-refractivity contribution is -0.274. The number of halogens is 7. The Kier molecular flexibility index (Phi) is 7.09. The SMILES string of the molecule is [C-]#[N+]/C(C#N)=C1\c2cc(C)c(-c3c(F)cc([N+]#[C-])cc3F)cc2-c2cc(-c3c(F)cc(C#N)cc3F)c(OC(F)(F)F)cc21. The van der Waals surface area contributed by atoms with Gasteiger partial charge in [0.1, 0.15) is 29.0 Å². The van der Waals surface area contributed by atoms with E-state index in [1.165, 1.54) is 25.1 Å². The van der Waals surface area contributed by atoms with Crippen molar-refractivity contribution in [3.05, 3.63) is 123 Å². The van der Waals surface area contributed by atoms with E-state index in [9.17, 15) is 18.4 Å². The van der Waals surface area contributed by atoms with Crippen LogP contribution in [0.2, 0.25) is 0 Å². The largest absolute Gasteiger partial charge is 0.573 e. The minimum absolute atomic E-state index is 0.0288. The highest BCUT2D eigenvalue weighted by Gasteiger charge is 2.36. The van der Waals surface area contributed by atoms with E-state index in [-0.39, 0.29) is 44.6 Å². The predicted molar refractivity (Wildman–Crippen MR) is 143 cm³/mol. The first-order chi connectivity index (χ1) is 20.8. The van der Waals surface area contributed by atoms with Crippen molar-refractivity contribution in [2.45, 2.75) is 13.3 Å². The van der Waals surface area contributed by atoms with Crippen LogP contribution < -0.4 is 4.74 Å². The van der Waals surface area contributed by atoms with Crippen LogP contribution in [0, 0.1) is 66.0 Å². The van der Waals surface area contributed by atoms with Crippen LogP contribution in [-0.2, 0) is 0 Å². The fourth-order valence-corrected chi connectivity index (χ4v) is 5.13. The second-order valence-electron chi connectivity index (χ2n) is 9.42. The van der Waals surface area contributed by atoms with Gasteiger partial charge in [-0.25, -0.2) is 32.5 Å². The highest BCUT2D eigenvalue weighted by Crippen LogP contribution is 2.52. The number of aryl methyl sites for hydroxylation is 1. The lowest BCUT2D eigenvalue weighted by atomic mass is 9.92. The molecular weight excluding hydrogens is 589 g/mol. The van der Waals surface area contributed by atoms with Crippen molar-refractivity contribution < 1.29 is 35.5 Å². The lowest BCUT2D eigenvalue weighted by Gasteiger charge is -2.17. The molecule has 0 N–H and O–H groups in total. The molecule has 0 bridgehead atoms. The summed E-state index contributed by atoms with van der Waals surface area (Å²) in [5.41, 5.74) is -3.40. The van der Waals surface area contributed by atoms with Crippen molar-refractivity contribution in [3.63, 3.8) is 0 Å². The molecular formula is C32H11F7N4O. The van der Waals surface area contributed by atoms with E-state index in [1.54, 1.807) is 6.07 Å². The van der Waals surface area contributed by atoms with Crippen LogP contribution in [-0.4, -0.2) is 6.36 Å². The highest BCUT2D eigenvalue weighted by molar-refractivity contribution is 6.06. The van der Waals surface area contributed by atoms with Gasteiger partial charge in [0.25, 0.3) is 5.70 Å². The third kappa shape index (κ3) is 4.85. The topological polar surface area (TPSA) is 65.5 Å². The zero-order chi connectivity index (χ0) is 32.1. The first-order valence-corrected chi connectivity index (χ1v) is 12.2. The molecule has 4 aromatic carbocycles. The molecule has 4 aromatic rings. The molecule has 214 valence electrons. The van der Waals surface area contributed by atoms with Crippen LogP contribution in [0.15, 0.2) is 54.2 Å². The molecule has 0 aliphatic heterocycles. The zero-order valence-corrected chi connectivity index (χ0v) is 22.0. The molecule has 5 nitrogen and oxygen atoms in total. The summed E-state index contributed by atoms with van der Waals surface area (Å²) in [4.78, 5) is 6.20. The molecule has 0 spiro atoms. The van der Waals surface area contributed by atoms with Crippen LogP contribution in [0.5, 0.6) is 5.75 Å². The molecule has 1 aliphatic rings. The molecule has 0 fully saturated rings. The van der Waals surface area contributed by atoms with Crippen LogP contribution in [0.4, 0.5) is 36.4 Å². The number of benzene rings is 4. The van der Waals surface area contributed by atoms with Gasteiger partial charge in [-0.05, 0) is 82.8 Å². The Balaban J connectivity index is 1.91. The Bertz CT molecular complexity index is 2080. The minimum Gasteiger partial charge on any atom is -0.405 e. The summed E-state index contributed by atoms with van der Waals surface area (Å²) in [6.45, 7) is 16.0. The van der Waals surface area contributed by atoms with Crippen LogP contribution in [0.3, 0.4) is 0 Å². The van der Waals surface area contributed by atoms with Crippen LogP contribution in [0.1, 0.15) is 22.3 Å². The highest BCUT2D eigenvalue weighted by atomic mass is 19.4. The second kappa shape index (κ2) is 10.6. The molecule has 0 atom stereocenters. The van der Waals surface area contributed by atoms with Gasteiger partial charge < -0.3 is 4.74 Å². The maximum atomic E-state index is 15.1. The summed E-state index contributed by atoms with van der Waals surface area (Å²) < 4.78 is 105. The fraction of sp³-hybridized carbons (Fsp3) is 0.0625. The maximum absolute atomic E-state index is 15.1. The third-order valence-corrected chi connectivity index (χ3v) is 6.86. The monoisotopic (exact) mass is 600 g/mol. The van der Waals surface area contributed by atoms with Crippen molar-refractivity contribution in [1.29, 1.82) is 10.5 Å². The molecule has 0 saturated carbocycles. The van der Waals surface area contributed by atoms with E-state index in [0.29, 0.717) is 12.1 Å². The molecule has 0 saturated heterocycles. The van der Waals surface area contributed by atoms with E-state index >= 15 is 17.6 Å². The molecule has 0 unspecified atom stereocenters. The molecule has 12 heteroatoms. The fourth-order valence-electron chi connectivity index (χ4n) is 5.13. The average Bonchev–Trinajstić information content (AvgIpc) is 3.24. The number of nitrogens with zero attached hydrogens (tertiary/aromatic N) is 4.